The van der Waals surface area contributed by atoms with Crippen LogP contribution in [-0.4, -0.2) is 254 Å². The summed E-state index contributed by atoms with van der Waals surface area (Å²) >= 11 is 0. The van der Waals surface area contributed by atoms with E-state index in [1.54, 1.807) is 104 Å². The van der Waals surface area contributed by atoms with Crippen LogP contribution in [0.3, 0.4) is 0 Å². The highest BCUT2D eigenvalue weighted by Gasteiger charge is 2.61. The molecule has 0 aromatic heterocycles. The van der Waals surface area contributed by atoms with Gasteiger partial charge in [0.1, 0.15) is 86.6 Å². The van der Waals surface area contributed by atoms with Crippen LogP contribution in [0.1, 0.15) is 280 Å². The van der Waals surface area contributed by atoms with Gasteiger partial charge in [0.2, 0.25) is 0 Å². The summed E-state index contributed by atoms with van der Waals surface area (Å²) in [6, 6.07) is 14.0. The molecule has 29 nitrogen and oxygen atoms in total. The van der Waals surface area contributed by atoms with Crippen molar-refractivity contribution in [2.45, 2.75) is 379 Å². The smallest absolute Gasteiger partial charge is 0.411 e. The maximum Gasteiger partial charge on any atom is 0.411 e. The van der Waals surface area contributed by atoms with E-state index in [2.05, 4.69) is 55.9 Å². The molecule has 7 amide bonds. The van der Waals surface area contributed by atoms with Gasteiger partial charge < -0.3 is 57.7 Å². The van der Waals surface area contributed by atoms with Crippen molar-refractivity contribution in [1.29, 1.82) is 0 Å². The Labute approximate surface area is 765 Å². The van der Waals surface area contributed by atoms with Gasteiger partial charge >= 0.3 is 54.2 Å². The predicted molar refractivity (Wildman–Crippen MR) is 493 cm³/mol. The molecule has 8 saturated heterocycles. The topological polar surface area (TPSA) is 334 Å². The van der Waals surface area contributed by atoms with Gasteiger partial charge in [0.25, 0.3) is 17.7 Å². The Morgan fingerprint density at radius 1 is 0.426 bits per heavy atom. The highest BCUT2D eigenvalue weighted by atomic mass is 16.6. The second-order valence-electron chi connectivity index (χ2n) is 41.5. The molecule has 2 spiro atoms. The van der Waals surface area contributed by atoms with E-state index in [-0.39, 0.29) is 93.2 Å². The van der Waals surface area contributed by atoms with Gasteiger partial charge in [0.05, 0.1) is 18.1 Å². The number of hydrogen-bond acceptors (Lipinski definition) is 21. The molecular weight excluding hydrogens is 1650 g/mol. The molecule has 129 heavy (non-hydrogen) atoms. The summed E-state index contributed by atoms with van der Waals surface area (Å²) in [4.78, 5) is 165. The van der Waals surface area contributed by atoms with Crippen molar-refractivity contribution in [3.8, 4) is 11.1 Å². The number of carboxylic acids is 1. The van der Waals surface area contributed by atoms with E-state index >= 15 is 0 Å². The third-order valence-corrected chi connectivity index (χ3v) is 23.9. The summed E-state index contributed by atoms with van der Waals surface area (Å²) in [7, 11) is 0. The van der Waals surface area contributed by atoms with E-state index in [4.69, 9.17) is 37.9 Å². The van der Waals surface area contributed by atoms with Crippen molar-refractivity contribution in [1.82, 2.24) is 39.6 Å². The lowest BCUT2D eigenvalue weighted by atomic mass is 9.89. The number of nitrogens with zero attached hydrogens (tertiary/aromatic N) is 7. The highest BCUT2D eigenvalue weighted by Crippen LogP contribution is 2.48. The maximum atomic E-state index is 14.0. The summed E-state index contributed by atoms with van der Waals surface area (Å²) < 4.78 is 44.3. The summed E-state index contributed by atoms with van der Waals surface area (Å²) in [5.41, 5.74) is -4.41. The van der Waals surface area contributed by atoms with Gasteiger partial charge in [-0.2, -0.15) is 0 Å². The van der Waals surface area contributed by atoms with Crippen LogP contribution in [-0.2, 0) is 76.3 Å². The van der Waals surface area contributed by atoms with E-state index < -0.39 is 116 Å². The number of carboxylic acid groups (broad SMARTS) is 1. The molecule has 2 aromatic carbocycles. The lowest BCUT2D eigenvalue weighted by Crippen LogP contribution is -2.63. The van der Waals surface area contributed by atoms with Crippen molar-refractivity contribution in [2.75, 3.05) is 32.8 Å². The van der Waals surface area contributed by atoms with Crippen molar-refractivity contribution < 1.29 is 101 Å². The van der Waals surface area contributed by atoms with Crippen molar-refractivity contribution in [3.63, 3.8) is 0 Å². The minimum absolute atomic E-state index is 0. The van der Waals surface area contributed by atoms with Crippen LogP contribution in [0.2, 0.25) is 0 Å². The molecule has 13 rings (SSSR count). The third-order valence-electron chi connectivity index (χ3n) is 23.9. The van der Waals surface area contributed by atoms with Crippen LogP contribution in [0.25, 0.3) is 11.1 Å². The summed E-state index contributed by atoms with van der Waals surface area (Å²) in [5.74, 6) is -3.21. The molecule has 1 aliphatic carbocycles. The summed E-state index contributed by atoms with van der Waals surface area (Å²) in [6.07, 6.45) is 21.8. The molecule has 10 aliphatic heterocycles. The molecule has 2 N–H and O–H groups in total. The molecular formula is C100H148N8O21. The molecule has 0 unspecified atom stereocenters. The number of carbonyl (C=O) groups excluding carboxylic acids is 11. The second kappa shape index (κ2) is 41.0. The molecule has 0 bridgehead atoms. The lowest BCUT2D eigenvalue weighted by Gasteiger charge is -2.43. The molecule has 0 radical (unpaired) electrons. The van der Waals surface area contributed by atoms with Crippen molar-refractivity contribution >= 4 is 71.9 Å². The first-order valence-corrected chi connectivity index (χ1v) is 44.9. The maximum absolute atomic E-state index is 14.0. The van der Waals surface area contributed by atoms with Gasteiger partial charge in [-0.1, -0.05) is 112 Å². The van der Waals surface area contributed by atoms with Gasteiger partial charge in [-0.3, -0.25) is 44.1 Å². The Hall–Kier alpha value is -10.3. The lowest BCUT2D eigenvalue weighted by molar-refractivity contribution is -0.166. The molecule has 0 saturated carbocycles. The zero-order valence-corrected chi connectivity index (χ0v) is 78.9. The SMILES string of the molecule is C.C.C=C[C@@H]1CC[C@@H](C(=O)OC(C)(C)C)N1.C=C[C@@H]1CC[C@@H](C(=O)OC(C)(C)C)N1C(=O)[C@]1(C=C)CCCN1C(=O)OC(C)(C)C.C=C[C@@]1(C(=O)O)CCCN1C(=O)OC(C)(C)C.CC(C)(C)OC(=O)[C@@H]1CC[C@H]2C=C[C@]3(CCCN3C(=O)OC(C)(C)C)C(=O)N21.CC(C)(C)OC(=O)[C@@H]1CC[C@H]2C=C[C@]3(CCCN3C(=O)OCC3c4ccccc4-c4ccccc43)C(=O)N21. The number of rotatable bonds is 12. The van der Waals surface area contributed by atoms with Gasteiger partial charge in [-0.05, 0) is 270 Å². The zero-order valence-electron chi connectivity index (χ0n) is 78.9. The van der Waals surface area contributed by atoms with Gasteiger partial charge in [0, 0.05) is 38.1 Å². The zero-order chi connectivity index (χ0) is 94.5. The number of amides is 7. The standard InChI is InChI=1S/C31H34N2O5.C23H36N2O5.C21H32N2O5.C12H19NO4.C11H19NO2.2CH4/c1-30(2,3)38-27(34)26-14-13-20-15-17-31(28(35)33(20)26)16-8-18-32(31)29(36)37-19-25-23-11-6-4-9-21(23)22-10-5-7-12-24(22)25;1-9-16-12-13-17(18(26)29-21(3,4)5)25(16)19(27)23(10-2)14-11-15-24(23)20(28)30-22(6,7)8;1-19(2,3)27-16(24)15-9-8-14-10-12-21(17(25)23(14)15)11-7-13-22(21)18(26)28-20(4,5)6;1-5-12(9(14)15)7-6-8-13(12)10(16)17-11(2,3)4;1-5-8-6-7-9(12-8)10(13)14-11(2,3)4;;/h4-7,9-12,15,17,20,25-26H,8,13-14,16,18-19H2,1-3H3;9-10,16-17H,1-2,11-15H2,3-8H3;10,12,14-15H,7-9,11,13H2,1-6H3;5H,1,6-8H2,2-4H3,(H,14,15);5,8-9,12H,1,6-7H2,2-4H3;2*1H4/t20-,26-,31+;16-,17+,23+;14-,15-,21+;12-;8-,9+;;/m01001../s1. The Morgan fingerprint density at radius 2 is 0.783 bits per heavy atom. The number of carbonyl (C=O) groups is 12. The molecule has 29 heteroatoms. The average molecular weight is 1800 g/mol. The minimum Gasteiger partial charge on any atom is -0.479 e. The van der Waals surface area contributed by atoms with Crippen LogP contribution >= 0.6 is 0 Å². The van der Waals surface area contributed by atoms with Crippen LogP contribution < -0.4 is 5.32 Å². The number of hydrogen-bond donors (Lipinski definition) is 2. The van der Waals surface area contributed by atoms with E-state index in [9.17, 15) is 62.6 Å². The first kappa shape index (κ1) is 106. The van der Waals surface area contributed by atoms with Gasteiger partial charge in [-0.15, -0.1) is 26.3 Å². The van der Waals surface area contributed by atoms with Gasteiger partial charge in [0.15, 0.2) is 5.54 Å². The van der Waals surface area contributed by atoms with Crippen LogP contribution in [0.4, 0.5) is 19.2 Å². The number of nitrogens with one attached hydrogen (secondary N) is 1. The fourth-order valence-electron chi connectivity index (χ4n) is 18.5. The van der Waals surface area contributed by atoms with Crippen LogP contribution in [0, 0.1) is 0 Å². The molecule has 11 aliphatic rings. The predicted octanol–water partition coefficient (Wildman–Crippen LogP) is 16.8. The van der Waals surface area contributed by atoms with Crippen molar-refractivity contribution in [3.05, 3.63) is 135 Å². The number of esters is 4. The van der Waals surface area contributed by atoms with Crippen molar-refractivity contribution in [2.24, 2.45) is 0 Å². The fourth-order valence-corrected chi connectivity index (χ4v) is 18.5. The first-order valence-electron chi connectivity index (χ1n) is 44.9. The number of benzene rings is 2. The number of ether oxygens (including phenoxy) is 8. The van der Waals surface area contributed by atoms with E-state index in [1.165, 1.54) is 42.9 Å². The highest BCUT2D eigenvalue weighted by molar-refractivity contribution is 5.99. The monoisotopic (exact) mass is 1800 g/mol. The van der Waals surface area contributed by atoms with E-state index in [1.807, 2.05) is 117 Å². The largest absolute Gasteiger partial charge is 0.479 e. The van der Waals surface area contributed by atoms with E-state index in [0.29, 0.717) is 116 Å². The summed E-state index contributed by atoms with van der Waals surface area (Å²) in [5, 5.41) is 12.4. The Balaban J connectivity index is 0.000000229. The van der Waals surface area contributed by atoms with Crippen LogP contribution in [0.15, 0.2) is 123 Å². The minimum atomic E-state index is -1.32. The average Bonchev–Trinajstić information content (AvgIpc) is 1.60. The quantitative estimate of drug-likeness (QED) is 0.113. The molecule has 10 heterocycles. The normalized spacial score (nSPS) is 26.6. The second-order valence-corrected chi connectivity index (χ2v) is 41.5. The first-order chi connectivity index (χ1) is 58.9. The van der Waals surface area contributed by atoms with Gasteiger partial charge in [-0.25, -0.2) is 38.4 Å². The Kier molecular flexibility index (Phi) is 33.6. The molecule has 12 atom stereocenters. The number of aliphatic carboxylic acids is 1. The Bertz CT molecular complexity index is 4500. The summed E-state index contributed by atoms with van der Waals surface area (Å²) in [6.45, 7) is 54.8. The molecule has 8 fully saturated rings. The van der Waals surface area contributed by atoms with Crippen LogP contribution in [0.5, 0.6) is 0 Å². The fraction of sp³-hybridized carbons (Fsp3) is 0.640. The number of fused-ring (bicyclic) bond motifs is 5. The Morgan fingerprint density at radius 3 is 1.17 bits per heavy atom. The number of likely N-dealkylation sites (tertiary alicyclic amines) is 5. The molecule has 2 aromatic rings. The third kappa shape index (κ3) is 24.5. The van der Waals surface area contributed by atoms with E-state index in [0.717, 1.165) is 24.0 Å². The molecule has 714 valence electrons.